The van der Waals surface area contributed by atoms with Gasteiger partial charge in [-0.1, -0.05) is 56.1 Å². The van der Waals surface area contributed by atoms with Gasteiger partial charge in [0, 0.05) is 22.0 Å². The fourth-order valence-electron chi connectivity index (χ4n) is 2.40. The van der Waals surface area contributed by atoms with Crippen molar-refractivity contribution in [3.05, 3.63) is 53.1 Å². The topological polar surface area (TPSA) is 26.0 Å². The van der Waals surface area contributed by atoms with E-state index >= 15 is 0 Å². The Morgan fingerprint density at radius 2 is 1.71 bits per heavy atom. The van der Waals surface area contributed by atoms with Gasteiger partial charge in [-0.25, -0.2) is 4.98 Å². The predicted octanol–water partition coefficient (Wildman–Crippen LogP) is 5.71. The van der Waals surface area contributed by atoms with E-state index in [9.17, 15) is 0 Å². The molecule has 0 spiro atoms. The fourth-order valence-corrected chi connectivity index (χ4v) is 3.46. The molecular formula is C16H13Br2NOS. The minimum Gasteiger partial charge on any atom is -0.436 e. The van der Waals surface area contributed by atoms with Crippen LogP contribution in [-0.2, 0) is 16.4 Å². The van der Waals surface area contributed by atoms with E-state index in [1.807, 2.05) is 24.3 Å². The number of para-hydroxylation sites is 2. The SMILES string of the molecule is SCc1cc(CBr)c(-c2nc3ccccc3o2)c(CBr)c1. The first-order valence-electron chi connectivity index (χ1n) is 6.50. The van der Waals surface area contributed by atoms with Gasteiger partial charge >= 0.3 is 0 Å². The molecule has 0 saturated heterocycles. The molecule has 0 aliphatic carbocycles. The maximum Gasteiger partial charge on any atom is 0.227 e. The van der Waals surface area contributed by atoms with Crippen LogP contribution in [0.3, 0.4) is 0 Å². The largest absolute Gasteiger partial charge is 0.436 e. The highest BCUT2D eigenvalue weighted by atomic mass is 79.9. The van der Waals surface area contributed by atoms with Crippen LogP contribution in [0.1, 0.15) is 16.7 Å². The first-order chi connectivity index (χ1) is 10.3. The number of hydrogen-bond acceptors (Lipinski definition) is 3. The first kappa shape index (κ1) is 15.1. The monoisotopic (exact) mass is 425 g/mol. The van der Waals surface area contributed by atoms with Crippen LogP contribution in [0.5, 0.6) is 0 Å². The summed E-state index contributed by atoms with van der Waals surface area (Å²) in [6.45, 7) is 0. The van der Waals surface area contributed by atoms with E-state index in [0.717, 1.165) is 27.3 Å². The molecule has 0 aliphatic rings. The predicted molar refractivity (Wildman–Crippen MR) is 97.4 cm³/mol. The lowest BCUT2D eigenvalue weighted by molar-refractivity contribution is 0.618. The number of hydrogen-bond donors (Lipinski definition) is 1. The van der Waals surface area contributed by atoms with E-state index in [-0.39, 0.29) is 0 Å². The van der Waals surface area contributed by atoms with Gasteiger partial charge in [0.1, 0.15) is 5.52 Å². The lowest BCUT2D eigenvalue weighted by atomic mass is 10.00. The number of fused-ring (bicyclic) bond motifs is 1. The van der Waals surface area contributed by atoms with E-state index in [1.165, 1.54) is 16.7 Å². The van der Waals surface area contributed by atoms with E-state index in [0.29, 0.717) is 11.6 Å². The maximum atomic E-state index is 5.94. The minimum atomic E-state index is 0.672. The van der Waals surface area contributed by atoms with Crippen LogP contribution >= 0.6 is 44.5 Å². The second-order valence-electron chi connectivity index (χ2n) is 4.70. The molecule has 0 unspecified atom stereocenters. The number of nitrogens with zero attached hydrogens (tertiary/aromatic N) is 1. The second kappa shape index (κ2) is 6.55. The highest BCUT2D eigenvalue weighted by Gasteiger charge is 2.17. The summed E-state index contributed by atoms with van der Waals surface area (Å²) in [5.74, 6) is 1.39. The Balaban J connectivity index is 2.24. The van der Waals surface area contributed by atoms with Crippen LogP contribution in [0, 0.1) is 0 Å². The molecule has 0 atom stereocenters. The van der Waals surface area contributed by atoms with Gasteiger partial charge in [-0.15, -0.1) is 0 Å². The number of aromatic nitrogens is 1. The van der Waals surface area contributed by atoms with Crippen molar-refractivity contribution in [1.82, 2.24) is 4.98 Å². The Hall–Kier alpha value is -0.780. The lowest BCUT2D eigenvalue weighted by Gasteiger charge is -2.11. The van der Waals surface area contributed by atoms with Gasteiger partial charge in [-0.3, -0.25) is 0 Å². The molecular weight excluding hydrogens is 414 g/mol. The molecule has 1 heterocycles. The smallest absolute Gasteiger partial charge is 0.227 e. The average Bonchev–Trinajstić information content (AvgIpc) is 2.96. The zero-order valence-corrected chi connectivity index (χ0v) is 15.2. The quantitative estimate of drug-likeness (QED) is 0.426. The molecule has 0 saturated carbocycles. The fraction of sp³-hybridized carbons (Fsp3) is 0.188. The number of benzene rings is 2. The van der Waals surface area contributed by atoms with E-state index in [1.54, 1.807) is 0 Å². The summed E-state index contributed by atoms with van der Waals surface area (Å²) in [5.41, 5.74) is 6.29. The Morgan fingerprint density at radius 1 is 1.05 bits per heavy atom. The number of thiol groups is 1. The van der Waals surface area contributed by atoms with Gasteiger partial charge in [0.15, 0.2) is 5.58 Å². The molecule has 3 rings (SSSR count). The van der Waals surface area contributed by atoms with Gasteiger partial charge in [-0.2, -0.15) is 12.6 Å². The van der Waals surface area contributed by atoms with Crippen molar-refractivity contribution in [2.24, 2.45) is 0 Å². The van der Waals surface area contributed by atoms with Crippen LogP contribution in [-0.4, -0.2) is 4.98 Å². The van der Waals surface area contributed by atoms with Gasteiger partial charge in [0.2, 0.25) is 5.89 Å². The molecule has 21 heavy (non-hydrogen) atoms. The standard InChI is InChI=1S/C16H13Br2NOS/c17-7-11-5-10(9-21)6-12(8-18)15(11)16-19-13-3-1-2-4-14(13)20-16/h1-6,21H,7-9H2. The van der Waals surface area contributed by atoms with Crippen LogP contribution in [0.25, 0.3) is 22.6 Å². The molecule has 1 aromatic heterocycles. The molecule has 0 bridgehead atoms. The Morgan fingerprint density at radius 3 is 2.29 bits per heavy atom. The third-order valence-electron chi connectivity index (χ3n) is 3.34. The zero-order valence-electron chi connectivity index (χ0n) is 11.1. The second-order valence-corrected chi connectivity index (χ2v) is 6.14. The number of oxazole rings is 1. The Bertz CT molecular complexity index is 727. The molecule has 2 aromatic carbocycles. The van der Waals surface area contributed by atoms with Crippen LogP contribution in [0.4, 0.5) is 0 Å². The molecule has 0 fully saturated rings. The van der Waals surface area contributed by atoms with Crippen molar-refractivity contribution >= 4 is 55.6 Å². The molecule has 5 heteroatoms. The van der Waals surface area contributed by atoms with E-state index in [4.69, 9.17) is 4.42 Å². The van der Waals surface area contributed by atoms with Crippen molar-refractivity contribution in [1.29, 1.82) is 0 Å². The summed E-state index contributed by atoms with van der Waals surface area (Å²) >= 11 is 11.5. The Labute approximate surface area is 145 Å². The van der Waals surface area contributed by atoms with Crippen LogP contribution in [0.2, 0.25) is 0 Å². The van der Waals surface area contributed by atoms with Crippen molar-refractivity contribution < 1.29 is 4.42 Å². The maximum absolute atomic E-state index is 5.94. The van der Waals surface area contributed by atoms with E-state index in [2.05, 4.69) is 61.6 Å². The number of alkyl halides is 2. The van der Waals surface area contributed by atoms with Crippen LogP contribution in [0.15, 0.2) is 40.8 Å². The summed E-state index contributed by atoms with van der Waals surface area (Å²) in [4.78, 5) is 4.63. The van der Waals surface area contributed by atoms with Crippen molar-refractivity contribution in [3.8, 4) is 11.5 Å². The van der Waals surface area contributed by atoms with Gasteiger partial charge < -0.3 is 4.42 Å². The van der Waals surface area contributed by atoms with Gasteiger partial charge in [-0.05, 0) is 28.8 Å². The third-order valence-corrected chi connectivity index (χ3v) is 4.91. The van der Waals surface area contributed by atoms with Crippen molar-refractivity contribution in [2.45, 2.75) is 16.4 Å². The molecule has 108 valence electrons. The highest BCUT2D eigenvalue weighted by molar-refractivity contribution is 9.08. The number of rotatable bonds is 4. The zero-order chi connectivity index (χ0) is 14.8. The van der Waals surface area contributed by atoms with Gasteiger partial charge in [0.05, 0.1) is 0 Å². The summed E-state index contributed by atoms with van der Waals surface area (Å²) in [7, 11) is 0. The molecule has 0 N–H and O–H groups in total. The summed E-state index contributed by atoms with van der Waals surface area (Å²) < 4.78 is 5.94. The molecule has 2 nitrogen and oxygen atoms in total. The lowest BCUT2D eigenvalue weighted by Crippen LogP contribution is -1.96. The summed E-state index contributed by atoms with van der Waals surface area (Å²) in [5, 5.41) is 1.51. The third kappa shape index (κ3) is 2.91. The van der Waals surface area contributed by atoms with E-state index < -0.39 is 0 Å². The molecule has 3 aromatic rings. The summed E-state index contributed by atoms with van der Waals surface area (Å²) in [6.07, 6.45) is 0. The van der Waals surface area contributed by atoms with Crippen molar-refractivity contribution in [2.75, 3.05) is 0 Å². The normalized spacial score (nSPS) is 11.2. The molecule has 0 amide bonds. The highest BCUT2D eigenvalue weighted by Crippen LogP contribution is 2.33. The van der Waals surface area contributed by atoms with Crippen molar-refractivity contribution in [3.63, 3.8) is 0 Å². The van der Waals surface area contributed by atoms with Crippen LogP contribution < -0.4 is 0 Å². The molecule has 0 aliphatic heterocycles. The summed E-state index contributed by atoms with van der Waals surface area (Å²) in [6, 6.07) is 12.1. The first-order valence-corrected chi connectivity index (χ1v) is 9.37. The number of halogens is 2. The van der Waals surface area contributed by atoms with Gasteiger partial charge in [0.25, 0.3) is 0 Å². The minimum absolute atomic E-state index is 0.672. The Kier molecular flexibility index (Phi) is 4.72. The molecule has 0 radical (unpaired) electrons. The average molecular weight is 427 g/mol.